The molecule has 0 radical (unpaired) electrons. The summed E-state index contributed by atoms with van der Waals surface area (Å²) in [6, 6.07) is 0. The molecule has 0 aromatic carbocycles. The Hall–Kier alpha value is -1.23. The Bertz CT molecular complexity index is 343. The van der Waals surface area contributed by atoms with Crippen molar-refractivity contribution in [2.24, 2.45) is 0 Å². The number of aromatic hydroxyl groups is 1. The zero-order valence-electron chi connectivity index (χ0n) is 6.17. The summed E-state index contributed by atoms with van der Waals surface area (Å²) in [5.74, 6) is -0.735. The molecular formula is C7H4ClF2NO2. The van der Waals surface area contributed by atoms with E-state index in [9.17, 15) is 13.6 Å². The molecule has 3 nitrogen and oxygen atoms in total. The molecule has 0 saturated heterocycles. The molecule has 70 valence electrons. The highest BCUT2D eigenvalue weighted by atomic mass is 35.5. The molecule has 0 bridgehead atoms. The molecule has 0 atom stereocenters. The highest BCUT2D eigenvalue weighted by Gasteiger charge is 2.21. The summed E-state index contributed by atoms with van der Waals surface area (Å²) >= 11 is 5.00. The van der Waals surface area contributed by atoms with E-state index in [0.29, 0.717) is 0 Å². The molecule has 1 N–H and O–H groups in total. The van der Waals surface area contributed by atoms with Gasteiger partial charge in [-0.05, 0) is 11.6 Å². The van der Waals surface area contributed by atoms with E-state index in [4.69, 9.17) is 16.7 Å². The third kappa shape index (κ3) is 1.92. The Morgan fingerprint density at radius 1 is 1.54 bits per heavy atom. The van der Waals surface area contributed by atoms with Crippen LogP contribution in [0.25, 0.3) is 0 Å². The van der Waals surface area contributed by atoms with Gasteiger partial charge in [-0.15, -0.1) is 0 Å². The van der Waals surface area contributed by atoms with Gasteiger partial charge in [-0.1, -0.05) is 0 Å². The van der Waals surface area contributed by atoms with Crippen molar-refractivity contribution in [1.29, 1.82) is 0 Å². The number of hydrogen-bond acceptors (Lipinski definition) is 3. The molecule has 0 fully saturated rings. The first-order valence-corrected chi connectivity index (χ1v) is 3.56. The number of aromatic nitrogens is 1. The highest BCUT2D eigenvalue weighted by molar-refractivity contribution is 6.67. The number of pyridine rings is 1. The molecule has 0 amide bonds. The van der Waals surface area contributed by atoms with Crippen LogP contribution < -0.4 is 0 Å². The van der Waals surface area contributed by atoms with Crippen molar-refractivity contribution in [1.82, 2.24) is 4.98 Å². The Morgan fingerprint density at radius 3 is 2.54 bits per heavy atom. The van der Waals surface area contributed by atoms with E-state index in [0.717, 1.165) is 12.4 Å². The molecule has 0 aliphatic heterocycles. The van der Waals surface area contributed by atoms with Gasteiger partial charge in [0.05, 0.1) is 17.3 Å². The van der Waals surface area contributed by atoms with Crippen LogP contribution in [0.4, 0.5) is 8.78 Å². The van der Waals surface area contributed by atoms with E-state index in [2.05, 4.69) is 4.98 Å². The summed E-state index contributed by atoms with van der Waals surface area (Å²) in [7, 11) is 0. The van der Waals surface area contributed by atoms with Gasteiger partial charge in [-0.25, -0.2) is 8.78 Å². The Labute approximate surface area is 77.0 Å². The van der Waals surface area contributed by atoms with Crippen molar-refractivity contribution in [3.8, 4) is 5.75 Å². The SMILES string of the molecule is O=C(Cl)c1cncc(O)c1C(F)F. The second-order valence-corrected chi connectivity index (χ2v) is 2.54. The molecule has 1 rings (SSSR count). The molecule has 0 spiro atoms. The van der Waals surface area contributed by atoms with Gasteiger partial charge in [-0.2, -0.15) is 0 Å². The fourth-order valence-corrected chi connectivity index (χ4v) is 0.996. The second-order valence-electron chi connectivity index (χ2n) is 2.19. The quantitative estimate of drug-likeness (QED) is 0.756. The second kappa shape index (κ2) is 3.66. The first kappa shape index (κ1) is 9.85. The van der Waals surface area contributed by atoms with E-state index >= 15 is 0 Å². The number of alkyl halides is 2. The van der Waals surface area contributed by atoms with Gasteiger partial charge >= 0.3 is 0 Å². The van der Waals surface area contributed by atoms with Crippen molar-refractivity contribution >= 4 is 16.8 Å². The number of carbonyl (C=O) groups excluding carboxylic acids is 1. The summed E-state index contributed by atoms with van der Waals surface area (Å²) in [6.45, 7) is 0. The van der Waals surface area contributed by atoms with Gasteiger partial charge in [0.25, 0.3) is 11.7 Å². The van der Waals surface area contributed by atoms with Crippen molar-refractivity contribution < 1.29 is 18.7 Å². The minimum absolute atomic E-state index is 0.475. The third-order valence-corrected chi connectivity index (χ3v) is 1.60. The van der Waals surface area contributed by atoms with Crippen LogP contribution in [0.5, 0.6) is 5.75 Å². The van der Waals surface area contributed by atoms with Crippen molar-refractivity contribution in [3.05, 3.63) is 23.5 Å². The fourth-order valence-electron chi connectivity index (χ4n) is 0.845. The Kier molecular flexibility index (Phi) is 2.77. The third-order valence-electron chi connectivity index (χ3n) is 1.40. The molecule has 1 heterocycles. The molecule has 6 heteroatoms. The number of nitrogens with zero attached hydrogens (tertiary/aromatic N) is 1. The van der Waals surface area contributed by atoms with Crippen molar-refractivity contribution in [3.63, 3.8) is 0 Å². The zero-order chi connectivity index (χ0) is 10.0. The first-order chi connectivity index (χ1) is 6.04. The standard InChI is InChI=1S/C7H4ClF2NO2/c8-6(13)3-1-11-2-4(12)5(3)7(9)10/h1-2,7,12H. The van der Waals surface area contributed by atoms with Crippen LogP contribution in [0.1, 0.15) is 22.3 Å². The van der Waals surface area contributed by atoms with Crippen LogP contribution in [-0.4, -0.2) is 15.3 Å². The maximum Gasteiger partial charge on any atom is 0.268 e. The van der Waals surface area contributed by atoms with E-state index in [1.807, 2.05) is 0 Å². The van der Waals surface area contributed by atoms with Crippen LogP contribution in [-0.2, 0) is 0 Å². The van der Waals surface area contributed by atoms with Crippen molar-refractivity contribution in [2.45, 2.75) is 6.43 Å². The summed E-state index contributed by atoms with van der Waals surface area (Å²) in [6.07, 6.45) is -1.25. The van der Waals surface area contributed by atoms with Gasteiger partial charge < -0.3 is 5.11 Å². The normalized spacial score (nSPS) is 10.5. The van der Waals surface area contributed by atoms with Crippen LogP contribution in [0, 0.1) is 0 Å². The van der Waals surface area contributed by atoms with Gasteiger partial charge in [0, 0.05) is 6.20 Å². The largest absolute Gasteiger partial charge is 0.506 e. The van der Waals surface area contributed by atoms with Gasteiger partial charge in [0.15, 0.2) is 0 Å². The lowest BCUT2D eigenvalue weighted by Crippen LogP contribution is -1.99. The maximum atomic E-state index is 12.3. The average Bonchev–Trinajstić information content (AvgIpc) is 2.02. The molecule has 0 aliphatic rings. The van der Waals surface area contributed by atoms with Gasteiger partial charge in [-0.3, -0.25) is 9.78 Å². The highest BCUT2D eigenvalue weighted by Crippen LogP contribution is 2.30. The summed E-state index contributed by atoms with van der Waals surface area (Å²) in [4.78, 5) is 14.0. The van der Waals surface area contributed by atoms with Gasteiger partial charge in [0.2, 0.25) is 0 Å². The van der Waals surface area contributed by atoms with Crippen LogP contribution in [0.15, 0.2) is 12.4 Å². The molecular weight excluding hydrogens is 204 g/mol. The zero-order valence-corrected chi connectivity index (χ0v) is 6.92. The lowest BCUT2D eigenvalue weighted by atomic mass is 10.1. The van der Waals surface area contributed by atoms with Crippen LogP contribution in [0.3, 0.4) is 0 Å². The minimum atomic E-state index is -2.96. The average molecular weight is 208 g/mol. The Morgan fingerprint density at radius 2 is 2.15 bits per heavy atom. The molecule has 0 saturated carbocycles. The predicted molar refractivity (Wildman–Crippen MR) is 41.0 cm³/mol. The summed E-state index contributed by atoms with van der Waals surface area (Å²) in [5.41, 5.74) is -1.26. The number of rotatable bonds is 2. The molecule has 0 unspecified atom stereocenters. The van der Waals surface area contributed by atoms with Crippen molar-refractivity contribution in [2.75, 3.05) is 0 Å². The van der Waals surface area contributed by atoms with Gasteiger partial charge in [0.1, 0.15) is 5.75 Å². The molecule has 1 aromatic heterocycles. The van der Waals surface area contributed by atoms with E-state index in [1.54, 1.807) is 0 Å². The number of halogens is 3. The predicted octanol–water partition coefficient (Wildman–Crippen LogP) is 2.10. The molecule has 1 aromatic rings. The smallest absolute Gasteiger partial charge is 0.268 e. The van der Waals surface area contributed by atoms with Crippen LogP contribution in [0.2, 0.25) is 0 Å². The molecule has 0 aliphatic carbocycles. The van der Waals surface area contributed by atoms with Crippen LogP contribution >= 0.6 is 11.6 Å². The van der Waals surface area contributed by atoms with E-state index < -0.39 is 28.5 Å². The fraction of sp³-hybridized carbons (Fsp3) is 0.143. The first-order valence-electron chi connectivity index (χ1n) is 3.19. The lowest BCUT2D eigenvalue weighted by Gasteiger charge is -2.05. The topological polar surface area (TPSA) is 50.2 Å². The minimum Gasteiger partial charge on any atom is -0.506 e. The monoisotopic (exact) mass is 207 g/mol. The summed E-state index contributed by atoms with van der Waals surface area (Å²) in [5, 5.41) is 7.89. The van der Waals surface area contributed by atoms with E-state index in [-0.39, 0.29) is 0 Å². The maximum absolute atomic E-state index is 12.3. The number of carbonyl (C=O) groups is 1. The van der Waals surface area contributed by atoms with E-state index in [1.165, 1.54) is 0 Å². The Balaban J connectivity index is 3.34. The molecule has 13 heavy (non-hydrogen) atoms. The number of hydrogen-bond donors (Lipinski definition) is 1. The summed E-state index contributed by atoms with van der Waals surface area (Å²) < 4.78 is 24.5. The lowest BCUT2D eigenvalue weighted by molar-refractivity contribution is 0.106.